The highest BCUT2D eigenvalue weighted by molar-refractivity contribution is 9.10. The van der Waals surface area contributed by atoms with E-state index in [1.165, 1.54) is 15.9 Å². The lowest BCUT2D eigenvalue weighted by Crippen LogP contribution is -2.40. The fourth-order valence-electron chi connectivity index (χ4n) is 4.59. The predicted molar refractivity (Wildman–Crippen MR) is 161 cm³/mol. The average molecular weight is 646 g/mol. The van der Waals surface area contributed by atoms with Crippen LogP contribution in [0, 0.1) is 0 Å². The standard InChI is InChI=1S/C30H33BrN2O7S/c1-7-37-22-16-23(38-8-2)20(31)13-19(22)15-25-28(34)33-27(18-11-12-21(36-6)24(14-18)39-9-3)26(29(35)40-10-4)17(5)32-30(33)41-25/h11-16,27H,7-10H2,1-6H3/b25-15-/t27-/m1/s1. The Morgan fingerprint density at radius 2 is 1.66 bits per heavy atom. The normalized spacial score (nSPS) is 14.8. The van der Waals surface area contributed by atoms with Crippen LogP contribution in [0.15, 0.2) is 55.9 Å². The largest absolute Gasteiger partial charge is 0.493 e. The van der Waals surface area contributed by atoms with Crippen molar-refractivity contribution in [1.82, 2.24) is 4.57 Å². The van der Waals surface area contributed by atoms with E-state index in [1.54, 1.807) is 45.2 Å². The maximum atomic E-state index is 14.1. The molecule has 0 amide bonds. The molecule has 0 unspecified atom stereocenters. The number of hydrogen-bond donors (Lipinski definition) is 0. The number of allylic oxidation sites excluding steroid dienone is 1. The first-order valence-electron chi connectivity index (χ1n) is 13.4. The molecule has 1 aliphatic rings. The average Bonchev–Trinajstić information content (AvgIpc) is 3.24. The maximum absolute atomic E-state index is 14.1. The van der Waals surface area contributed by atoms with Crippen LogP contribution < -0.4 is 33.8 Å². The van der Waals surface area contributed by atoms with Gasteiger partial charge in [-0.2, -0.15) is 0 Å². The van der Waals surface area contributed by atoms with Crippen molar-refractivity contribution in [2.24, 2.45) is 4.99 Å². The molecule has 2 heterocycles. The lowest BCUT2D eigenvalue weighted by molar-refractivity contribution is -0.139. The third-order valence-electron chi connectivity index (χ3n) is 6.27. The van der Waals surface area contributed by atoms with E-state index in [9.17, 15) is 9.59 Å². The molecule has 1 aromatic heterocycles. The smallest absolute Gasteiger partial charge is 0.338 e. The van der Waals surface area contributed by atoms with Crippen molar-refractivity contribution in [1.29, 1.82) is 0 Å². The number of ether oxygens (including phenoxy) is 5. The van der Waals surface area contributed by atoms with Crippen molar-refractivity contribution >= 4 is 39.3 Å². The van der Waals surface area contributed by atoms with E-state index in [-0.39, 0.29) is 17.7 Å². The first-order valence-corrected chi connectivity index (χ1v) is 15.0. The lowest BCUT2D eigenvalue weighted by Gasteiger charge is -2.25. The molecule has 0 spiro atoms. The van der Waals surface area contributed by atoms with Gasteiger partial charge in [0.2, 0.25) is 0 Å². The fraction of sp³-hybridized carbons (Fsp3) is 0.367. The van der Waals surface area contributed by atoms with Crippen molar-refractivity contribution in [2.45, 2.75) is 40.7 Å². The summed E-state index contributed by atoms with van der Waals surface area (Å²) in [5.41, 5.74) is 1.84. The van der Waals surface area contributed by atoms with Gasteiger partial charge in [0.05, 0.1) is 59.9 Å². The second kappa shape index (κ2) is 13.4. The number of thiazole rings is 1. The molecule has 0 saturated carbocycles. The molecule has 0 aliphatic carbocycles. The molecular weight excluding hydrogens is 612 g/mol. The highest BCUT2D eigenvalue weighted by Crippen LogP contribution is 2.37. The van der Waals surface area contributed by atoms with Crippen molar-refractivity contribution in [3.8, 4) is 23.0 Å². The molecule has 0 saturated heterocycles. The monoisotopic (exact) mass is 644 g/mol. The maximum Gasteiger partial charge on any atom is 0.338 e. The van der Waals surface area contributed by atoms with Gasteiger partial charge in [-0.15, -0.1) is 0 Å². The molecule has 4 rings (SSSR count). The zero-order valence-electron chi connectivity index (χ0n) is 23.9. The number of fused-ring (bicyclic) bond motifs is 1. The van der Waals surface area contributed by atoms with Crippen LogP contribution in [-0.4, -0.2) is 44.1 Å². The predicted octanol–water partition coefficient (Wildman–Crippen LogP) is 4.77. The minimum Gasteiger partial charge on any atom is -0.493 e. The number of carbonyl (C=O) groups excluding carboxylic acids is 1. The number of carbonyl (C=O) groups is 1. The van der Waals surface area contributed by atoms with Crippen LogP contribution in [0.5, 0.6) is 23.0 Å². The lowest BCUT2D eigenvalue weighted by atomic mass is 9.95. The summed E-state index contributed by atoms with van der Waals surface area (Å²) in [6.07, 6.45) is 1.77. The van der Waals surface area contributed by atoms with Crippen molar-refractivity contribution in [3.63, 3.8) is 0 Å². The third kappa shape index (κ3) is 6.20. The minimum atomic E-state index is -0.781. The zero-order chi connectivity index (χ0) is 29.7. The summed E-state index contributed by atoms with van der Waals surface area (Å²) >= 11 is 4.80. The summed E-state index contributed by atoms with van der Waals surface area (Å²) in [4.78, 5) is 32.4. The molecule has 1 aliphatic heterocycles. The molecule has 0 fully saturated rings. The van der Waals surface area contributed by atoms with Gasteiger partial charge in [-0.1, -0.05) is 17.4 Å². The van der Waals surface area contributed by atoms with E-state index in [2.05, 4.69) is 20.9 Å². The minimum absolute atomic E-state index is 0.187. The number of nitrogens with zero attached hydrogens (tertiary/aromatic N) is 2. The molecule has 0 N–H and O–H groups in total. The highest BCUT2D eigenvalue weighted by Gasteiger charge is 2.34. The molecule has 1 atom stereocenters. The Balaban J connectivity index is 1.96. The zero-order valence-corrected chi connectivity index (χ0v) is 26.3. The summed E-state index contributed by atoms with van der Waals surface area (Å²) in [5.74, 6) is 1.75. The van der Waals surface area contributed by atoms with Gasteiger partial charge in [0.25, 0.3) is 5.56 Å². The van der Waals surface area contributed by atoms with Crippen LogP contribution in [0.25, 0.3) is 6.08 Å². The Morgan fingerprint density at radius 1 is 0.976 bits per heavy atom. The Kier molecular flexibility index (Phi) is 9.93. The van der Waals surface area contributed by atoms with E-state index in [0.717, 1.165) is 4.47 Å². The van der Waals surface area contributed by atoms with Gasteiger partial charge in [-0.25, -0.2) is 9.79 Å². The van der Waals surface area contributed by atoms with Gasteiger partial charge < -0.3 is 23.7 Å². The van der Waals surface area contributed by atoms with Crippen molar-refractivity contribution in [3.05, 3.63) is 76.9 Å². The SMILES string of the molecule is CCOC(=O)C1=C(C)N=c2s/c(=C\c3cc(Br)c(OCC)cc3OCC)c(=O)n2[C@@H]1c1ccc(OC)c(OCC)c1. The van der Waals surface area contributed by atoms with Gasteiger partial charge in [0, 0.05) is 11.6 Å². The topological polar surface area (TPSA) is 97.6 Å². The number of aromatic nitrogens is 1. The van der Waals surface area contributed by atoms with E-state index in [1.807, 2.05) is 32.9 Å². The van der Waals surface area contributed by atoms with E-state index in [0.29, 0.717) is 69.0 Å². The summed E-state index contributed by atoms with van der Waals surface area (Å²) in [5, 5.41) is 0. The first kappa shape index (κ1) is 30.4. The molecule has 0 radical (unpaired) electrons. The van der Waals surface area contributed by atoms with Gasteiger partial charge in [0.15, 0.2) is 16.3 Å². The van der Waals surface area contributed by atoms with Crippen molar-refractivity contribution < 1.29 is 28.5 Å². The second-order valence-electron chi connectivity index (χ2n) is 8.83. The van der Waals surface area contributed by atoms with Gasteiger partial charge in [0.1, 0.15) is 11.5 Å². The van der Waals surface area contributed by atoms with Gasteiger partial charge >= 0.3 is 5.97 Å². The Hall–Kier alpha value is -3.57. The number of hydrogen-bond acceptors (Lipinski definition) is 9. The molecule has 11 heteroatoms. The number of rotatable bonds is 11. The molecule has 2 aromatic carbocycles. The van der Waals surface area contributed by atoms with Gasteiger partial charge in [-0.3, -0.25) is 9.36 Å². The number of methoxy groups -OCH3 is 1. The van der Waals surface area contributed by atoms with Crippen molar-refractivity contribution in [2.75, 3.05) is 33.5 Å². The molecule has 218 valence electrons. The van der Waals surface area contributed by atoms with Gasteiger partial charge in [-0.05, 0) is 80.4 Å². The summed E-state index contributed by atoms with van der Waals surface area (Å²) in [6.45, 7) is 10.7. The van der Waals surface area contributed by atoms with E-state index < -0.39 is 12.0 Å². The third-order valence-corrected chi connectivity index (χ3v) is 7.87. The number of halogens is 1. The molecule has 9 nitrogen and oxygen atoms in total. The molecule has 3 aromatic rings. The molecular formula is C30H33BrN2O7S. The van der Waals surface area contributed by atoms with Crippen LogP contribution in [0.1, 0.15) is 51.8 Å². The quantitative estimate of drug-likeness (QED) is 0.278. The fourth-order valence-corrected chi connectivity index (χ4v) is 6.10. The Bertz CT molecular complexity index is 1660. The first-order chi connectivity index (χ1) is 19.8. The van der Waals surface area contributed by atoms with Crippen LogP contribution in [0.4, 0.5) is 0 Å². The van der Waals surface area contributed by atoms with Crippen LogP contribution in [0.2, 0.25) is 0 Å². The number of esters is 1. The second-order valence-corrected chi connectivity index (χ2v) is 10.7. The van der Waals surface area contributed by atoms with E-state index >= 15 is 0 Å². The number of benzene rings is 2. The highest BCUT2D eigenvalue weighted by atomic mass is 79.9. The molecule has 41 heavy (non-hydrogen) atoms. The van der Waals surface area contributed by atoms with E-state index in [4.69, 9.17) is 23.7 Å². The summed E-state index contributed by atoms with van der Waals surface area (Å²) in [6, 6.07) is 8.25. The molecule has 0 bridgehead atoms. The van der Waals surface area contributed by atoms with Crippen LogP contribution in [0.3, 0.4) is 0 Å². The Labute approximate surface area is 250 Å². The van der Waals surface area contributed by atoms with Crippen LogP contribution >= 0.6 is 27.3 Å². The summed E-state index contributed by atoms with van der Waals surface area (Å²) < 4.78 is 31.0. The van der Waals surface area contributed by atoms with Crippen LogP contribution in [-0.2, 0) is 9.53 Å². The Morgan fingerprint density at radius 3 is 2.32 bits per heavy atom. The summed E-state index contributed by atoms with van der Waals surface area (Å²) in [7, 11) is 1.56.